The van der Waals surface area contributed by atoms with Crippen LogP contribution in [0.3, 0.4) is 0 Å². The van der Waals surface area contributed by atoms with Crippen LogP contribution in [0, 0.1) is 50.7 Å². The van der Waals surface area contributed by atoms with Gasteiger partial charge < -0.3 is 15.3 Å². The van der Waals surface area contributed by atoms with Crippen molar-refractivity contribution in [3.05, 3.63) is 11.6 Å². The summed E-state index contributed by atoms with van der Waals surface area (Å²) in [6.07, 6.45) is 11.2. The monoisotopic (exact) mass is 472 g/mol. The third kappa shape index (κ3) is 2.76. The molecule has 0 amide bonds. The highest BCUT2D eigenvalue weighted by atomic mass is 16.4. The Kier molecular flexibility index (Phi) is 5.52. The maximum Gasteiger partial charge on any atom is 0.312 e. The highest BCUT2D eigenvalue weighted by Gasteiger charge is 2.85. The minimum absolute atomic E-state index is 0.0701. The predicted octanol–water partition coefficient (Wildman–Crippen LogP) is 6.20. The molecule has 0 aromatic carbocycles. The number of carboxylic acids is 1. The highest BCUT2D eigenvalue weighted by molar-refractivity contribution is 5.76. The molecule has 5 fully saturated rings. The Labute approximate surface area is 206 Å². The van der Waals surface area contributed by atoms with Gasteiger partial charge >= 0.3 is 5.97 Å². The lowest BCUT2D eigenvalue weighted by molar-refractivity contribution is -0.210. The van der Waals surface area contributed by atoms with Crippen molar-refractivity contribution in [2.45, 2.75) is 118 Å². The molecule has 11 atom stereocenters. The molecule has 4 nitrogen and oxygen atoms in total. The molecule has 0 saturated heterocycles. The zero-order valence-corrected chi connectivity index (χ0v) is 22.4. The molecule has 0 heterocycles. The van der Waals surface area contributed by atoms with Crippen LogP contribution < -0.4 is 0 Å². The molecule has 5 rings (SSSR count). The Balaban J connectivity index is 1.45. The van der Waals surface area contributed by atoms with E-state index < -0.39 is 23.6 Å². The summed E-state index contributed by atoms with van der Waals surface area (Å²) in [5, 5.41) is 32.5. The molecule has 0 bridgehead atoms. The summed E-state index contributed by atoms with van der Waals surface area (Å²) < 4.78 is 0. The number of fused-ring (bicyclic) bond motifs is 2. The fraction of sp³-hybridized carbons (Fsp3) is 0.900. The Morgan fingerprint density at radius 2 is 1.65 bits per heavy atom. The van der Waals surface area contributed by atoms with E-state index >= 15 is 0 Å². The average molecular weight is 473 g/mol. The van der Waals surface area contributed by atoms with Crippen molar-refractivity contribution in [3.8, 4) is 0 Å². The van der Waals surface area contributed by atoms with Gasteiger partial charge in [0.25, 0.3) is 0 Å². The van der Waals surface area contributed by atoms with Crippen molar-refractivity contribution in [1.29, 1.82) is 0 Å². The summed E-state index contributed by atoms with van der Waals surface area (Å²) in [5.74, 6) is 1.02. The molecular formula is C30H48O4. The van der Waals surface area contributed by atoms with Gasteiger partial charge in [0.15, 0.2) is 0 Å². The molecule has 5 saturated carbocycles. The first-order valence-corrected chi connectivity index (χ1v) is 14.0. The summed E-state index contributed by atoms with van der Waals surface area (Å²) in [6, 6.07) is 0. The van der Waals surface area contributed by atoms with E-state index in [1.54, 1.807) is 6.92 Å². The van der Waals surface area contributed by atoms with Gasteiger partial charge in [-0.05, 0) is 118 Å². The average Bonchev–Trinajstić information content (AvgIpc) is 3.37. The molecule has 5 aliphatic carbocycles. The van der Waals surface area contributed by atoms with Gasteiger partial charge in [-0.15, -0.1) is 0 Å². The van der Waals surface area contributed by atoms with Crippen molar-refractivity contribution in [2.75, 3.05) is 0 Å². The first-order valence-electron chi connectivity index (χ1n) is 14.0. The molecule has 192 valence electrons. The molecule has 5 aliphatic rings. The van der Waals surface area contributed by atoms with Gasteiger partial charge in [-0.1, -0.05) is 32.4 Å². The number of aliphatic carboxylic acids is 1. The van der Waals surface area contributed by atoms with Crippen LogP contribution in [0.15, 0.2) is 11.6 Å². The second-order valence-corrected chi connectivity index (χ2v) is 14.2. The number of hydrogen-bond donors (Lipinski definition) is 3. The molecular weight excluding hydrogens is 424 g/mol. The van der Waals surface area contributed by atoms with E-state index in [0.29, 0.717) is 17.3 Å². The van der Waals surface area contributed by atoms with Crippen LogP contribution in [-0.4, -0.2) is 33.5 Å². The Bertz CT molecular complexity index is 892. The third-order valence-corrected chi connectivity index (χ3v) is 13.2. The molecule has 0 aromatic rings. The highest BCUT2D eigenvalue weighted by Crippen LogP contribution is 2.89. The van der Waals surface area contributed by atoms with Crippen LogP contribution in [0.25, 0.3) is 0 Å². The molecule has 2 spiro atoms. The normalized spacial score (nSPS) is 54.2. The van der Waals surface area contributed by atoms with Crippen molar-refractivity contribution < 1.29 is 20.1 Å². The van der Waals surface area contributed by atoms with Gasteiger partial charge in [0.2, 0.25) is 0 Å². The van der Waals surface area contributed by atoms with E-state index in [0.717, 1.165) is 31.6 Å². The Hall–Kier alpha value is -0.870. The lowest BCUT2D eigenvalue weighted by atomic mass is 9.41. The van der Waals surface area contributed by atoms with Gasteiger partial charge in [0.05, 0.1) is 17.6 Å². The van der Waals surface area contributed by atoms with Crippen molar-refractivity contribution in [2.24, 2.45) is 50.7 Å². The van der Waals surface area contributed by atoms with Gasteiger partial charge in [-0.3, -0.25) is 4.79 Å². The fourth-order valence-corrected chi connectivity index (χ4v) is 11.2. The van der Waals surface area contributed by atoms with E-state index in [9.17, 15) is 20.1 Å². The lowest BCUT2D eigenvalue weighted by Gasteiger charge is -2.63. The van der Waals surface area contributed by atoms with Crippen molar-refractivity contribution in [3.63, 3.8) is 0 Å². The number of rotatable bonds is 5. The Morgan fingerprint density at radius 1 is 0.971 bits per heavy atom. The molecule has 0 aliphatic heterocycles. The van der Waals surface area contributed by atoms with E-state index in [1.807, 2.05) is 0 Å². The number of aliphatic hydroxyl groups excluding tert-OH is 2. The largest absolute Gasteiger partial charge is 0.481 e. The van der Waals surface area contributed by atoms with Crippen molar-refractivity contribution >= 4 is 5.97 Å². The molecule has 0 radical (unpaired) electrons. The van der Waals surface area contributed by atoms with Gasteiger partial charge in [0.1, 0.15) is 0 Å². The molecule has 34 heavy (non-hydrogen) atoms. The fourth-order valence-electron chi connectivity index (χ4n) is 11.2. The first-order chi connectivity index (χ1) is 15.8. The lowest BCUT2D eigenvalue weighted by Crippen LogP contribution is -2.63. The predicted molar refractivity (Wildman–Crippen MR) is 134 cm³/mol. The minimum Gasteiger partial charge on any atom is -0.481 e. The van der Waals surface area contributed by atoms with E-state index in [1.165, 1.54) is 37.7 Å². The van der Waals surface area contributed by atoms with E-state index in [-0.39, 0.29) is 28.6 Å². The smallest absolute Gasteiger partial charge is 0.312 e. The standard InChI is InChI=1S/C30H48O4/c1-18(2)8-7-9-19(3)20-12-13-27(5)21-10-11-22-28(6,25(33)34)23(31)16-24(32)30(22)17-29(21,30)15-14-26(20,27)4/h8,19-24,31-32H,7,9-17H2,1-6H3,(H,33,34)/t19-,20-,21+,22+,23+,24+,26-,27+,28+,29+,30-/m1/s1. The third-order valence-electron chi connectivity index (χ3n) is 13.2. The molecule has 3 N–H and O–H groups in total. The van der Waals surface area contributed by atoms with Crippen LogP contribution in [-0.2, 0) is 4.79 Å². The number of hydrogen-bond acceptors (Lipinski definition) is 3. The van der Waals surface area contributed by atoms with E-state index in [2.05, 4.69) is 40.7 Å². The van der Waals surface area contributed by atoms with Gasteiger partial charge in [0, 0.05) is 11.8 Å². The van der Waals surface area contributed by atoms with Crippen LogP contribution in [0.4, 0.5) is 0 Å². The van der Waals surface area contributed by atoms with Crippen LogP contribution in [0.1, 0.15) is 106 Å². The van der Waals surface area contributed by atoms with E-state index in [4.69, 9.17) is 0 Å². The molecule has 0 aromatic heterocycles. The zero-order valence-electron chi connectivity index (χ0n) is 22.4. The maximum atomic E-state index is 12.5. The SMILES string of the molecule is CC(C)=CCC[C@@H](C)[C@H]1CC[C@@]2(C)[C@@H]3CC[C@H]4[C@](C)(C(=O)O)[C@@H](O)C[C@H](O)[C@@]45C[C@@]35CC[C@]12C. The maximum absolute atomic E-state index is 12.5. The summed E-state index contributed by atoms with van der Waals surface area (Å²) in [6.45, 7) is 13.8. The molecule has 4 heteroatoms. The Morgan fingerprint density at radius 3 is 2.29 bits per heavy atom. The summed E-state index contributed by atoms with van der Waals surface area (Å²) in [4.78, 5) is 12.5. The number of carboxylic acid groups (broad SMARTS) is 1. The van der Waals surface area contributed by atoms with Crippen LogP contribution in [0.2, 0.25) is 0 Å². The first kappa shape index (κ1) is 24.8. The second-order valence-electron chi connectivity index (χ2n) is 14.2. The van der Waals surface area contributed by atoms with Crippen LogP contribution in [0.5, 0.6) is 0 Å². The number of carbonyl (C=O) groups is 1. The topological polar surface area (TPSA) is 77.8 Å². The summed E-state index contributed by atoms with van der Waals surface area (Å²) in [5.41, 5.74) is 0.603. The minimum atomic E-state index is -1.15. The molecule has 0 unspecified atom stereocenters. The summed E-state index contributed by atoms with van der Waals surface area (Å²) >= 11 is 0. The number of aliphatic hydroxyl groups is 2. The van der Waals surface area contributed by atoms with Crippen molar-refractivity contribution in [1.82, 2.24) is 0 Å². The van der Waals surface area contributed by atoms with Gasteiger partial charge in [-0.2, -0.15) is 0 Å². The quantitative estimate of drug-likeness (QED) is 0.416. The summed E-state index contributed by atoms with van der Waals surface area (Å²) in [7, 11) is 0. The number of allylic oxidation sites excluding steroid dienone is 2. The second kappa shape index (κ2) is 7.57. The van der Waals surface area contributed by atoms with Crippen LogP contribution >= 0.6 is 0 Å². The zero-order chi connectivity index (χ0) is 24.9. The van der Waals surface area contributed by atoms with Gasteiger partial charge in [-0.25, -0.2) is 0 Å².